The van der Waals surface area contributed by atoms with Gasteiger partial charge < -0.3 is 78.0 Å². The molecule has 28 heteroatoms. The van der Waals surface area contributed by atoms with Crippen molar-refractivity contribution in [3.63, 3.8) is 0 Å². The number of carbonyl (C=O) groups is 8. The molecule has 1 spiro atoms. The number of carbonyl (C=O) groups excluding carboxylic acids is 8. The van der Waals surface area contributed by atoms with Gasteiger partial charge in [0.05, 0.1) is 18.7 Å². The number of phenols is 2. The summed E-state index contributed by atoms with van der Waals surface area (Å²) in [5.41, 5.74) is 11.8. The summed E-state index contributed by atoms with van der Waals surface area (Å²) in [5.74, 6) is -7.09. The van der Waals surface area contributed by atoms with Crippen molar-refractivity contribution in [2.24, 2.45) is 17.4 Å². The number of ether oxygens (including phenoxy) is 2. The Morgan fingerprint density at radius 2 is 1.28 bits per heavy atom. The first-order valence-electron chi connectivity index (χ1n) is 24.7. The average molecular weight is 1150 g/mol. The molecule has 2 heterocycles. The molecule has 2 aliphatic heterocycles. The van der Waals surface area contributed by atoms with E-state index in [-0.39, 0.29) is 70.2 Å². The van der Waals surface area contributed by atoms with Crippen molar-refractivity contribution in [1.29, 1.82) is 0 Å². The third-order valence-electron chi connectivity index (χ3n) is 12.6. The minimum Gasteiger partial charge on any atom is -0.508 e. The predicted molar refractivity (Wildman–Crippen MR) is 291 cm³/mol. The number of phosphoric ester groups is 1. The fourth-order valence-corrected chi connectivity index (χ4v) is 9.47. The monoisotopic (exact) mass is 1150 g/mol. The lowest BCUT2D eigenvalue weighted by atomic mass is 9.77. The van der Waals surface area contributed by atoms with Crippen molar-refractivity contribution >= 4 is 83.8 Å². The van der Waals surface area contributed by atoms with E-state index in [0.717, 1.165) is 0 Å². The molecule has 0 bridgehead atoms. The first-order chi connectivity index (χ1) is 38.3. The van der Waals surface area contributed by atoms with Gasteiger partial charge in [-0.1, -0.05) is 32.0 Å². The Morgan fingerprint density at radius 1 is 0.704 bits per heavy atom. The third-order valence-corrected chi connectivity index (χ3v) is 13.2. The third kappa shape index (κ3) is 15.0. The number of aliphatic hydroxyl groups excluding tert-OH is 1. The summed E-state index contributed by atoms with van der Waals surface area (Å²) in [7, 11) is -4.94. The van der Waals surface area contributed by atoms with Gasteiger partial charge in [-0.05, 0) is 109 Å². The number of aliphatic hydroxyl groups is 1. The van der Waals surface area contributed by atoms with E-state index in [4.69, 9.17) is 33.2 Å². The van der Waals surface area contributed by atoms with Crippen LogP contribution in [0.25, 0.3) is 0 Å². The lowest BCUT2D eigenvalue weighted by Gasteiger charge is -2.36. The normalized spacial score (nSPS) is 14.2. The zero-order chi connectivity index (χ0) is 58.9. The molecule has 0 fully saturated rings. The van der Waals surface area contributed by atoms with E-state index in [1.807, 2.05) is 0 Å². The maximum absolute atomic E-state index is 14.2. The summed E-state index contributed by atoms with van der Waals surface area (Å²) in [6.07, 6.45) is -0.999. The molecule has 0 radical (unpaired) electrons. The number of nitrogens with one attached hydrogen (secondary N) is 7. The van der Waals surface area contributed by atoms with Gasteiger partial charge in [-0.25, -0.2) is 9.36 Å². The topological polar surface area (TPSA) is 419 Å². The smallest absolute Gasteiger partial charge is 0.508 e. The van der Waals surface area contributed by atoms with Crippen molar-refractivity contribution in [2.45, 2.75) is 69.3 Å². The maximum atomic E-state index is 14.2. The van der Waals surface area contributed by atoms with Crippen molar-refractivity contribution in [3.8, 4) is 28.7 Å². The summed E-state index contributed by atoms with van der Waals surface area (Å²) >= 11 is 5.59. The highest BCUT2D eigenvalue weighted by molar-refractivity contribution is 7.80. The van der Waals surface area contributed by atoms with Crippen molar-refractivity contribution in [1.82, 2.24) is 26.6 Å². The molecule has 7 amide bonds. The number of benzene rings is 5. The van der Waals surface area contributed by atoms with E-state index < -0.39 is 104 Å². The fourth-order valence-electron chi connectivity index (χ4n) is 8.84. The highest BCUT2D eigenvalue weighted by atomic mass is 32.1. The molecule has 5 aromatic carbocycles. The van der Waals surface area contributed by atoms with Crippen LogP contribution in [0.4, 0.5) is 11.4 Å². The number of nitrogens with two attached hydrogens (primary N) is 2. The summed E-state index contributed by atoms with van der Waals surface area (Å²) in [5, 5.41) is 48.2. The molecule has 4 atom stereocenters. The second kappa shape index (κ2) is 25.3. The number of phosphoric acid groups is 1. The van der Waals surface area contributed by atoms with E-state index in [9.17, 15) is 68.0 Å². The number of phenolic OH excluding ortho intramolecular Hbond substituents is 2. The van der Waals surface area contributed by atoms with E-state index in [2.05, 4.69) is 41.7 Å². The highest BCUT2D eigenvalue weighted by Crippen LogP contribution is 2.57. The van der Waals surface area contributed by atoms with Gasteiger partial charge in [0.25, 0.3) is 5.91 Å². The van der Waals surface area contributed by atoms with Crippen molar-refractivity contribution < 1.29 is 82.0 Å². The summed E-state index contributed by atoms with van der Waals surface area (Å²) in [4.78, 5) is 123. The van der Waals surface area contributed by atoms with Crippen molar-refractivity contribution in [2.75, 3.05) is 23.8 Å². The second-order valence-corrected chi connectivity index (χ2v) is 20.7. The van der Waals surface area contributed by atoms with E-state index >= 15 is 0 Å². The van der Waals surface area contributed by atoms with E-state index in [1.54, 1.807) is 44.2 Å². The lowest BCUT2D eigenvalue weighted by molar-refractivity contribution is -0.133. The number of aromatic hydroxyl groups is 2. The molecule has 0 saturated carbocycles. The van der Waals surface area contributed by atoms with Crippen LogP contribution in [0.5, 0.6) is 28.7 Å². The Bertz CT molecular complexity index is 3290. The number of hydrogen-bond donors (Lipinski definition) is 14. The second-order valence-electron chi connectivity index (χ2n) is 19.1. The summed E-state index contributed by atoms with van der Waals surface area (Å²) in [6.45, 7) is 1.95. The van der Waals surface area contributed by atoms with Gasteiger partial charge in [0, 0.05) is 58.6 Å². The molecule has 2 aliphatic rings. The Labute approximate surface area is 466 Å². The highest BCUT2D eigenvalue weighted by Gasteiger charge is 2.54. The summed E-state index contributed by atoms with van der Waals surface area (Å²) < 4.78 is 28.2. The molecule has 0 saturated heterocycles. The van der Waals surface area contributed by atoms with Gasteiger partial charge in [0.2, 0.25) is 35.4 Å². The fraction of sp³-hybridized carbons (Fsp3) is 0.264. The minimum atomic E-state index is -4.94. The molecule has 26 nitrogen and oxygen atoms in total. The molecule has 0 aromatic heterocycles. The van der Waals surface area contributed by atoms with Crippen LogP contribution in [0, 0.1) is 5.92 Å². The number of fused-ring (bicyclic) bond motifs is 6. The molecule has 426 valence electrons. The minimum absolute atomic E-state index is 0.0374. The zero-order valence-electron chi connectivity index (χ0n) is 43.1. The zero-order valence-corrected chi connectivity index (χ0v) is 44.8. The van der Waals surface area contributed by atoms with Gasteiger partial charge in [-0.2, -0.15) is 0 Å². The standard InChI is InChI=1S/C53H56N9O17PS/c1-26(2)19-39(49(71)62-41(25-63)46(55)68)59-45(67)24-56-48(70)38(17-18-44(54)66)60-50(72)40(20-27-3-12-33(13-4-27)79-80(74,75)76)61-47(69)28-5-7-29(8-6-28)57-52(81)58-30-9-14-35-34(21-30)51(73)78-53(35)36-15-10-31(64)22-42(36)77-43-23-32(65)11-16-37(43)53/h3-16,21-23,26,38-41,63-65H,17-20,24-25H2,1-2H3,(H2,54,66)(H2,55,68)(H,56,70)(H,59,67)(H,60,72)(H,61,69)(H,62,71)(H2,57,58,81)(H2,74,75,76)/t38-,39-,40-,41-/m0/s1. The van der Waals surface area contributed by atoms with Crippen LogP contribution in [0.1, 0.15) is 76.1 Å². The first-order valence-corrected chi connectivity index (χ1v) is 26.7. The molecular weight excluding hydrogens is 1100 g/mol. The van der Waals surface area contributed by atoms with Gasteiger partial charge in [0.15, 0.2) is 10.7 Å². The van der Waals surface area contributed by atoms with Crippen LogP contribution in [-0.4, -0.2) is 115 Å². The Kier molecular flexibility index (Phi) is 18.6. The summed E-state index contributed by atoms with van der Waals surface area (Å²) in [6, 6.07) is 19.0. The van der Waals surface area contributed by atoms with Crippen LogP contribution in [0.2, 0.25) is 0 Å². The Balaban J connectivity index is 1.03. The van der Waals surface area contributed by atoms with Gasteiger partial charge in [0.1, 0.15) is 52.9 Å². The lowest BCUT2D eigenvalue weighted by Crippen LogP contribution is -2.57. The van der Waals surface area contributed by atoms with E-state index in [1.165, 1.54) is 72.8 Å². The number of esters is 1. The van der Waals surface area contributed by atoms with Crippen LogP contribution in [0.15, 0.2) is 103 Å². The molecule has 0 aliphatic carbocycles. The average Bonchev–Trinajstić information content (AvgIpc) is 2.02. The molecular formula is C53H56N9O17PS. The van der Waals surface area contributed by atoms with Crippen LogP contribution in [0.3, 0.4) is 0 Å². The molecule has 0 unspecified atom stereocenters. The number of thiocarbonyl (C=S) groups is 1. The molecule has 5 aromatic rings. The first kappa shape index (κ1) is 59.5. The van der Waals surface area contributed by atoms with Gasteiger partial charge in [-0.3, -0.25) is 43.3 Å². The number of rotatable bonds is 23. The number of amides is 7. The molecule has 81 heavy (non-hydrogen) atoms. The quantitative estimate of drug-likeness (QED) is 0.0251. The SMILES string of the molecule is CC(C)C[C@H](NC(=O)CNC(=O)[C@H](CCC(N)=O)NC(=O)[C@H](Cc1ccc(OP(=O)(O)O)cc1)NC(=O)c1ccc(NC(=S)Nc2ccc3c(c2)C(=O)OC32c3ccc(O)cc3Oc3cc(O)ccc32)cc1)C(=O)N[C@@H](CO)C(N)=O. The van der Waals surface area contributed by atoms with Crippen LogP contribution < -0.4 is 57.9 Å². The van der Waals surface area contributed by atoms with Gasteiger partial charge in [-0.15, -0.1) is 0 Å². The van der Waals surface area contributed by atoms with Crippen LogP contribution >= 0.6 is 20.0 Å². The Morgan fingerprint density at radius 3 is 1.86 bits per heavy atom. The number of hydrogen-bond acceptors (Lipinski definition) is 16. The number of anilines is 2. The largest absolute Gasteiger partial charge is 0.524 e. The number of primary amides is 2. The molecule has 16 N–H and O–H groups in total. The Hall–Kier alpha value is -9.14. The molecule has 7 rings (SSSR count). The van der Waals surface area contributed by atoms with E-state index in [0.29, 0.717) is 33.6 Å². The maximum Gasteiger partial charge on any atom is 0.524 e. The van der Waals surface area contributed by atoms with Gasteiger partial charge >= 0.3 is 13.8 Å². The van der Waals surface area contributed by atoms with Crippen molar-refractivity contribution in [3.05, 3.63) is 137 Å². The van der Waals surface area contributed by atoms with Crippen LogP contribution in [-0.2, 0) is 50.1 Å². The predicted octanol–water partition coefficient (Wildman–Crippen LogP) is 1.65.